The molecule has 2 aliphatic heterocycles. The Bertz CT molecular complexity index is 1310. The summed E-state index contributed by atoms with van der Waals surface area (Å²) in [4.78, 5) is 21.5. The highest BCUT2D eigenvalue weighted by molar-refractivity contribution is 6.03. The third kappa shape index (κ3) is 5.99. The SMILES string of the molecule is Cc1cncc2c(-c3ccc(F)cc3C(=O)N(CC(F)F)C(C)C)cc(CC3CN(CC4CCOCC4)C3)n12. The van der Waals surface area contributed by atoms with E-state index in [4.69, 9.17) is 4.74 Å². The van der Waals surface area contributed by atoms with Crippen molar-refractivity contribution in [3.63, 3.8) is 0 Å². The quantitative estimate of drug-likeness (QED) is 0.360. The van der Waals surface area contributed by atoms with E-state index in [1.807, 2.05) is 6.92 Å². The molecule has 0 saturated carbocycles. The second-order valence-electron chi connectivity index (χ2n) is 11.3. The molecule has 1 amide bonds. The molecule has 0 bridgehead atoms. The molecule has 39 heavy (non-hydrogen) atoms. The molecule has 4 heterocycles. The van der Waals surface area contributed by atoms with Crippen molar-refractivity contribution in [2.45, 2.75) is 52.5 Å². The lowest BCUT2D eigenvalue weighted by Gasteiger charge is -2.42. The summed E-state index contributed by atoms with van der Waals surface area (Å²) < 4.78 is 48.7. The van der Waals surface area contributed by atoms with Gasteiger partial charge < -0.3 is 18.9 Å². The Hall–Kier alpha value is -2.91. The summed E-state index contributed by atoms with van der Waals surface area (Å²) in [5.74, 6) is 0.0304. The number of alkyl halides is 2. The van der Waals surface area contributed by atoms with E-state index in [-0.39, 0.29) is 5.56 Å². The first kappa shape index (κ1) is 27.6. The Labute approximate surface area is 227 Å². The van der Waals surface area contributed by atoms with E-state index >= 15 is 0 Å². The zero-order valence-electron chi connectivity index (χ0n) is 22.9. The van der Waals surface area contributed by atoms with Gasteiger partial charge in [-0.1, -0.05) is 6.07 Å². The first-order valence-electron chi connectivity index (χ1n) is 13.8. The van der Waals surface area contributed by atoms with Crippen LogP contribution in [0.5, 0.6) is 0 Å². The number of aromatic nitrogens is 2. The molecule has 0 aliphatic carbocycles. The zero-order chi connectivity index (χ0) is 27.7. The minimum Gasteiger partial charge on any atom is -0.381 e. The third-order valence-electron chi connectivity index (χ3n) is 8.03. The molecule has 0 spiro atoms. The van der Waals surface area contributed by atoms with Crippen molar-refractivity contribution >= 4 is 11.4 Å². The van der Waals surface area contributed by atoms with Crippen LogP contribution in [0.3, 0.4) is 0 Å². The first-order chi connectivity index (χ1) is 18.7. The number of rotatable bonds is 9. The minimum absolute atomic E-state index is 0.0798. The van der Waals surface area contributed by atoms with Crippen LogP contribution in [0.1, 0.15) is 48.4 Å². The van der Waals surface area contributed by atoms with Crippen LogP contribution in [-0.2, 0) is 11.2 Å². The molecule has 2 saturated heterocycles. The molecule has 3 aromatic rings. The van der Waals surface area contributed by atoms with E-state index in [1.54, 1.807) is 32.3 Å². The summed E-state index contributed by atoms with van der Waals surface area (Å²) in [7, 11) is 0. The van der Waals surface area contributed by atoms with Gasteiger partial charge in [0.15, 0.2) is 0 Å². The van der Waals surface area contributed by atoms with Crippen LogP contribution < -0.4 is 0 Å². The molecule has 0 atom stereocenters. The maximum Gasteiger partial charge on any atom is 0.255 e. The van der Waals surface area contributed by atoms with Gasteiger partial charge in [-0.15, -0.1) is 0 Å². The number of hydrogen-bond acceptors (Lipinski definition) is 4. The molecule has 0 unspecified atom stereocenters. The summed E-state index contributed by atoms with van der Waals surface area (Å²) >= 11 is 0. The van der Waals surface area contributed by atoms with Crippen LogP contribution in [0.15, 0.2) is 36.7 Å². The van der Waals surface area contributed by atoms with Crippen LogP contribution in [-0.4, -0.2) is 77.0 Å². The molecule has 6 nitrogen and oxygen atoms in total. The lowest BCUT2D eigenvalue weighted by molar-refractivity contribution is 0.0251. The van der Waals surface area contributed by atoms with Gasteiger partial charge in [-0.2, -0.15) is 0 Å². The number of aryl methyl sites for hydroxylation is 1. The third-order valence-corrected chi connectivity index (χ3v) is 8.03. The van der Waals surface area contributed by atoms with Crippen LogP contribution in [0.2, 0.25) is 0 Å². The predicted octanol–water partition coefficient (Wildman–Crippen LogP) is 5.47. The summed E-state index contributed by atoms with van der Waals surface area (Å²) in [5, 5.41) is 0. The Balaban J connectivity index is 1.44. The number of likely N-dealkylation sites (tertiary alicyclic amines) is 1. The number of carbonyl (C=O) groups excluding carboxylic acids is 1. The number of fused-ring (bicyclic) bond motifs is 1. The van der Waals surface area contributed by atoms with E-state index in [0.29, 0.717) is 17.4 Å². The van der Waals surface area contributed by atoms with Crippen LogP contribution >= 0.6 is 0 Å². The maximum absolute atomic E-state index is 14.4. The predicted molar refractivity (Wildman–Crippen MR) is 145 cm³/mol. The van der Waals surface area contributed by atoms with E-state index in [2.05, 4.69) is 20.4 Å². The minimum atomic E-state index is -2.68. The van der Waals surface area contributed by atoms with Gasteiger partial charge in [-0.3, -0.25) is 9.78 Å². The van der Waals surface area contributed by atoms with Gasteiger partial charge >= 0.3 is 0 Å². The standard InChI is InChI=1S/C30H37F3N4O2/c1-19(2)36(18-29(32)33)30(38)27-11-23(31)4-5-25(27)26-12-24(37-20(3)13-34-14-28(26)37)10-22-16-35(17-22)15-21-6-8-39-9-7-21/h4-5,11-14,19,21-22,29H,6-10,15-18H2,1-3H3. The lowest BCUT2D eigenvalue weighted by atomic mass is 9.91. The number of nitrogens with zero attached hydrogens (tertiary/aromatic N) is 4. The number of amides is 1. The van der Waals surface area contributed by atoms with Crippen molar-refractivity contribution in [2.24, 2.45) is 11.8 Å². The Kier molecular flexibility index (Phi) is 8.28. The summed E-state index contributed by atoms with van der Waals surface area (Å²) in [6.45, 7) is 9.58. The molecule has 0 radical (unpaired) electrons. The highest BCUT2D eigenvalue weighted by atomic mass is 19.3. The van der Waals surface area contributed by atoms with Crippen molar-refractivity contribution in [3.05, 3.63) is 59.4 Å². The molecular weight excluding hydrogens is 505 g/mol. The number of ether oxygens (including phenoxy) is 1. The highest BCUT2D eigenvalue weighted by Gasteiger charge is 2.31. The summed E-state index contributed by atoms with van der Waals surface area (Å²) in [6.07, 6.45) is 3.99. The summed E-state index contributed by atoms with van der Waals surface area (Å²) in [5.41, 5.74) is 4.23. The molecular formula is C30H37F3N4O2. The fraction of sp³-hybridized carbons (Fsp3) is 0.533. The van der Waals surface area contributed by atoms with Gasteiger partial charge in [-0.05, 0) is 75.6 Å². The van der Waals surface area contributed by atoms with Gasteiger partial charge in [0.2, 0.25) is 0 Å². The molecule has 5 rings (SSSR count). The second kappa shape index (κ2) is 11.7. The van der Waals surface area contributed by atoms with Crippen molar-refractivity contribution in [1.29, 1.82) is 0 Å². The summed E-state index contributed by atoms with van der Waals surface area (Å²) in [6, 6.07) is 5.64. The highest BCUT2D eigenvalue weighted by Crippen LogP contribution is 2.35. The van der Waals surface area contributed by atoms with Gasteiger partial charge in [-0.25, -0.2) is 13.2 Å². The second-order valence-corrected chi connectivity index (χ2v) is 11.3. The van der Waals surface area contributed by atoms with Crippen LogP contribution in [0.4, 0.5) is 13.2 Å². The van der Waals surface area contributed by atoms with Gasteiger partial charge in [0, 0.05) is 62.0 Å². The Morgan fingerprint density at radius 1 is 1.10 bits per heavy atom. The van der Waals surface area contributed by atoms with Gasteiger partial charge in [0.25, 0.3) is 12.3 Å². The molecule has 2 aromatic heterocycles. The molecule has 0 N–H and O–H groups in total. The van der Waals surface area contributed by atoms with Crippen molar-refractivity contribution in [3.8, 4) is 11.1 Å². The number of halogens is 3. The monoisotopic (exact) mass is 542 g/mol. The van der Waals surface area contributed by atoms with E-state index in [1.165, 1.54) is 6.07 Å². The topological polar surface area (TPSA) is 50.1 Å². The molecule has 2 aliphatic rings. The fourth-order valence-electron chi connectivity index (χ4n) is 6.07. The van der Waals surface area contributed by atoms with E-state index in [0.717, 1.165) is 85.5 Å². The van der Waals surface area contributed by atoms with E-state index in [9.17, 15) is 18.0 Å². The van der Waals surface area contributed by atoms with E-state index < -0.39 is 30.7 Å². The molecule has 9 heteroatoms. The van der Waals surface area contributed by atoms with Crippen molar-refractivity contribution in [1.82, 2.24) is 19.2 Å². The maximum atomic E-state index is 14.4. The van der Waals surface area contributed by atoms with Gasteiger partial charge in [0.05, 0.1) is 23.8 Å². The van der Waals surface area contributed by atoms with Crippen LogP contribution in [0.25, 0.3) is 16.6 Å². The average molecular weight is 543 g/mol. The smallest absolute Gasteiger partial charge is 0.255 e. The number of hydrogen-bond donors (Lipinski definition) is 0. The fourth-order valence-corrected chi connectivity index (χ4v) is 6.07. The first-order valence-corrected chi connectivity index (χ1v) is 13.8. The van der Waals surface area contributed by atoms with Crippen molar-refractivity contribution < 1.29 is 22.7 Å². The Morgan fingerprint density at radius 3 is 2.54 bits per heavy atom. The largest absolute Gasteiger partial charge is 0.381 e. The molecule has 2 fully saturated rings. The number of carbonyl (C=O) groups is 1. The van der Waals surface area contributed by atoms with Crippen molar-refractivity contribution in [2.75, 3.05) is 39.4 Å². The molecule has 1 aromatic carbocycles. The molecule has 210 valence electrons. The average Bonchev–Trinajstić information content (AvgIpc) is 3.25. The lowest BCUT2D eigenvalue weighted by Crippen LogP contribution is -2.50. The normalized spacial score (nSPS) is 17.3. The van der Waals surface area contributed by atoms with Gasteiger partial charge in [0.1, 0.15) is 5.82 Å². The zero-order valence-corrected chi connectivity index (χ0v) is 22.9. The van der Waals surface area contributed by atoms with Crippen LogP contribution in [0, 0.1) is 24.6 Å². The number of benzene rings is 1. The Morgan fingerprint density at radius 2 is 1.85 bits per heavy atom.